The quantitative estimate of drug-likeness (QED) is 0.905. The molecular weight excluding hydrogens is 236 g/mol. The number of nitrogens with one attached hydrogen (secondary N) is 1. The van der Waals surface area contributed by atoms with Crippen LogP contribution in [0.1, 0.15) is 48.3 Å². The van der Waals surface area contributed by atoms with Crippen LogP contribution in [0.4, 0.5) is 0 Å². The second kappa shape index (κ2) is 6.49. The van der Waals surface area contributed by atoms with E-state index in [1.54, 1.807) is 0 Å². The molecule has 0 spiro atoms. The molecule has 2 unspecified atom stereocenters. The van der Waals surface area contributed by atoms with Gasteiger partial charge in [-0.1, -0.05) is 0 Å². The van der Waals surface area contributed by atoms with E-state index in [0.29, 0.717) is 12.0 Å². The molecular formula is C16H26N2O. The largest absolute Gasteiger partial charge is 0.381 e. The summed E-state index contributed by atoms with van der Waals surface area (Å²) in [5.74, 6) is 0.662. The lowest BCUT2D eigenvalue weighted by Gasteiger charge is -2.25. The Labute approximate surface area is 116 Å². The summed E-state index contributed by atoms with van der Waals surface area (Å²) >= 11 is 0. The van der Waals surface area contributed by atoms with Gasteiger partial charge in [0.2, 0.25) is 0 Å². The van der Waals surface area contributed by atoms with Crippen molar-refractivity contribution in [3.8, 4) is 0 Å². The van der Waals surface area contributed by atoms with E-state index in [2.05, 4.69) is 44.1 Å². The van der Waals surface area contributed by atoms with Crippen LogP contribution in [0.15, 0.2) is 6.07 Å². The lowest BCUT2D eigenvalue weighted by molar-refractivity contribution is 0.0540. The first kappa shape index (κ1) is 14.5. The van der Waals surface area contributed by atoms with E-state index < -0.39 is 0 Å². The van der Waals surface area contributed by atoms with Crippen molar-refractivity contribution in [2.45, 2.75) is 46.6 Å². The van der Waals surface area contributed by atoms with Crippen LogP contribution in [-0.2, 0) is 4.74 Å². The van der Waals surface area contributed by atoms with Gasteiger partial charge in [-0.05, 0) is 63.6 Å². The molecule has 106 valence electrons. The highest BCUT2D eigenvalue weighted by atomic mass is 16.5. The number of hydrogen-bond acceptors (Lipinski definition) is 3. The van der Waals surface area contributed by atoms with Crippen molar-refractivity contribution in [3.05, 3.63) is 28.6 Å². The van der Waals surface area contributed by atoms with Gasteiger partial charge in [0, 0.05) is 30.6 Å². The zero-order valence-electron chi connectivity index (χ0n) is 12.6. The summed E-state index contributed by atoms with van der Waals surface area (Å²) in [6, 6.07) is 2.53. The number of aryl methyl sites for hydroxylation is 3. The molecule has 3 heteroatoms. The van der Waals surface area contributed by atoms with Gasteiger partial charge in [-0.3, -0.25) is 4.98 Å². The van der Waals surface area contributed by atoms with E-state index in [1.165, 1.54) is 24.0 Å². The van der Waals surface area contributed by atoms with Crippen molar-refractivity contribution >= 4 is 0 Å². The molecule has 3 nitrogen and oxygen atoms in total. The normalized spacial score (nSPS) is 21.4. The van der Waals surface area contributed by atoms with Crippen LogP contribution in [0.2, 0.25) is 0 Å². The van der Waals surface area contributed by atoms with Crippen LogP contribution in [0, 0.1) is 26.7 Å². The molecule has 2 rings (SSSR count). The molecule has 1 fully saturated rings. The molecule has 1 aliphatic heterocycles. The first-order valence-electron chi connectivity index (χ1n) is 7.33. The van der Waals surface area contributed by atoms with Gasteiger partial charge in [0.15, 0.2) is 0 Å². The van der Waals surface area contributed by atoms with Crippen molar-refractivity contribution in [2.75, 3.05) is 19.8 Å². The topological polar surface area (TPSA) is 34.1 Å². The first-order valence-corrected chi connectivity index (χ1v) is 7.33. The van der Waals surface area contributed by atoms with Gasteiger partial charge >= 0.3 is 0 Å². The fourth-order valence-electron chi connectivity index (χ4n) is 3.10. The summed E-state index contributed by atoms with van der Waals surface area (Å²) < 4.78 is 5.53. The molecule has 0 aromatic carbocycles. The van der Waals surface area contributed by atoms with Gasteiger partial charge in [0.05, 0.1) is 6.61 Å². The Hall–Kier alpha value is -0.930. The average Bonchev–Trinajstić information content (AvgIpc) is 2.36. The summed E-state index contributed by atoms with van der Waals surface area (Å²) in [6.07, 6.45) is 2.48. The van der Waals surface area contributed by atoms with Gasteiger partial charge in [-0.25, -0.2) is 0 Å². The summed E-state index contributed by atoms with van der Waals surface area (Å²) in [5.41, 5.74) is 4.94. The van der Waals surface area contributed by atoms with E-state index >= 15 is 0 Å². The van der Waals surface area contributed by atoms with Crippen molar-refractivity contribution in [1.29, 1.82) is 0 Å². The number of aromatic nitrogens is 1. The summed E-state index contributed by atoms with van der Waals surface area (Å²) in [4.78, 5) is 4.59. The van der Waals surface area contributed by atoms with Crippen molar-refractivity contribution in [1.82, 2.24) is 10.3 Å². The third kappa shape index (κ3) is 3.77. The average molecular weight is 262 g/mol. The number of nitrogens with zero attached hydrogens (tertiary/aromatic N) is 1. The monoisotopic (exact) mass is 262 g/mol. The minimum absolute atomic E-state index is 0.357. The van der Waals surface area contributed by atoms with Crippen LogP contribution in [0.5, 0.6) is 0 Å². The molecule has 19 heavy (non-hydrogen) atoms. The van der Waals surface area contributed by atoms with E-state index in [-0.39, 0.29) is 0 Å². The molecule has 1 N–H and O–H groups in total. The second-order valence-corrected chi connectivity index (χ2v) is 5.79. The molecule has 1 saturated heterocycles. The highest BCUT2D eigenvalue weighted by molar-refractivity contribution is 5.33. The van der Waals surface area contributed by atoms with Gasteiger partial charge in [-0.2, -0.15) is 0 Å². The SMILES string of the molecule is Cc1cc(C)c(C(C)NCC2CCCOC2)c(C)n1. The van der Waals surface area contributed by atoms with E-state index in [1.807, 2.05) is 0 Å². The van der Waals surface area contributed by atoms with Crippen molar-refractivity contribution in [3.63, 3.8) is 0 Å². The standard InChI is InChI=1S/C16H26N2O/c1-11-8-12(2)18-14(4)16(11)13(3)17-9-15-6-5-7-19-10-15/h8,13,15,17H,5-7,9-10H2,1-4H3. The van der Waals surface area contributed by atoms with Crippen LogP contribution in [-0.4, -0.2) is 24.7 Å². The van der Waals surface area contributed by atoms with Gasteiger partial charge < -0.3 is 10.1 Å². The summed E-state index contributed by atoms with van der Waals surface area (Å²) in [7, 11) is 0. The van der Waals surface area contributed by atoms with E-state index in [0.717, 1.165) is 31.1 Å². The summed E-state index contributed by atoms with van der Waals surface area (Å²) in [6.45, 7) is 11.5. The maximum Gasteiger partial charge on any atom is 0.0506 e. The Bertz CT molecular complexity index is 402. The molecule has 1 aliphatic rings. The lowest BCUT2D eigenvalue weighted by atomic mass is 9.98. The number of hydrogen-bond donors (Lipinski definition) is 1. The molecule has 0 saturated carbocycles. The molecule has 0 radical (unpaired) electrons. The molecule has 0 aliphatic carbocycles. The minimum Gasteiger partial charge on any atom is -0.381 e. The Balaban J connectivity index is 1.97. The number of rotatable bonds is 4. The fourth-order valence-corrected chi connectivity index (χ4v) is 3.10. The molecule has 1 aromatic heterocycles. The third-order valence-electron chi connectivity index (χ3n) is 3.98. The highest BCUT2D eigenvalue weighted by Crippen LogP contribution is 2.22. The molecule has 2 heterocycles. The van der Waals surface area contributed by atoms with Crippen LogP contribution in [0.3, 0.4) is 0 Å². The number of ether oxygens (including phenoxy) is 1. The zero-order valence-corrected chi connectivity index (χ0v) is 12.6. The van der Waals surface area contributed by atoms with Gasteiger partial charge in [-0.15, -0.1) is 0 Å². The van der Waals surface area contributed by atoms with Crippen molar-refractivity contribution in [2.24, 2.45) is 5.92 Å². The molecule has 0 amide bonds. The van der Waals surface area contributed by atoms with E-state index in [4.69, 9.17) is 4.74 Å². The Morgan fingerprint density at radius 1 is 1.42 bits per heavy atom. The molecule has 0 bridgehead atoms. The second-order valence-electron chi connectivity index (χ2n) is 5.79. The molecule has 2 atom stereocenters. The Morgan fingerprint density at radius 2 is 2.21 bits per heavy atom. The van der Waals surface area contributed by atoms with Crippen molar-refractivity contribution < 1.29 is 4.74 Å². The van der Waals surface area contributed by atoms with Crippen LogP contribution >= 0.6 is 0 Å². The zero-order chi connectivity index (χ0) is 13.8. The first-order chi connectivity index (χ1) is 9.08. The minimum atomic E-state index is 0.357. The lowest BCUT2D eigenvalue weighted by Crippen LogP contribution is -2.31. The van der Waals surface area contributed by atoms with Gasteiger partial charge in [0.25, 0.3) is 0 Å². The number of pyridine rings is 1. The predicted molar refractivity (Wildman–Crippen MR) is 78.4 cm³/mol. The predicted octanol–water partition coefficient (Wildman–Crippen LogP) is 3.08. The maximum atomic E-state index is 5.53. The van der Waals surface area contributed by atoms with Crippen LogP contribution < -0.4 is 5.32 Å². The third-order valence-corrected chi connectivity index (χ3v) is 3.98. The van der Waals surface area contributed by atoms with Gasteiger partial charge in [0.1, 0.15) is 0 Å². The summed E-state index contributed by atoms with van der Waals surface area (Å²) in [5, 5.41) is 3.65. The smallest absolute Gasteiger partial charge is 0.0506 e. The Morgan fingerprint density at radius 3 is 2.84 bits per heavy atom. The van der Waals surface area contributed by atoms with Crippen LogP contribution in [0.25, 0.3) is 0 Å². The fraction of sp³-hybridized carbons (Fsp3) is 0.688. The van der Waals surface area contributed by atoms with E-state index in [9.17, 15) is 0 Å². The maximum absolute atomic E-state index is 5.53. The Kier molecular flexibility index (Phi) is 4.94. The highest BCUT2D eigenvalue weighted by Gasteiger charge is 2.17. The molecule has 1 aromatic rings.